The smallest absolute Gasteiger partial charge is 0.407 e. The molecule has 0 atom stereocenters. The van der Waals surface area contributed by atoms with E-state index >= 15 is 0 Å². The van der Waals surface area contributed by atoms with E-state index in [1.807, 2.05) is 6.07 Å². The Morgan fingerprint density at radius 1 is 1.26 bits per heavy atom. The van der Waals surface area contributed by atoms with Crippen molar-refractivity contribution in [2.75, 3.05) is 13.7 Å². The van der Waals surface area contributed by atoms with E-state index < -0.39 is 6.09 Å². The molecule has 0 radical (unpaired) electrons. The second-order valence-corrected chi connectivity index (χ2v) is 6.13. The van der Waals surface area contributed by atoms with Gasteiger partial charge in [-0.15, -0.1) is 0 Å². The Balaban J connectivity index is 1.71. The van der Waals surface area contributed by atoms with Gasteiger partial charge in [0.1, 0.15) is 12.4 Å². The second kappa shape index (κ2) is 5.91. The normalized spacial score (nSPS) is 15.0. The number of amides is 1. The summed E-state index contributed by atoms with van der Waals surface area (Å²) in [4.78, 5) is 16.7. The van der Waals surface area contributed by atoms with Gasteiger partial charge in [-0.2, -0.15) is 0 Å². The summed E-state index contributed by atoms with van der Waals surface area (Å²) >= 11 is 0. The topological polar surface area (TPSA) is 62.7 Å². The highest BCUT2D eigenvalue weighted by Crippen LogP contribution is 2.41. The van der Waals surface area contributed by atoms with Crippen LogP contribution in [0.1, 0.15) is 18.4 Å². The molecule has 5 heteroatoms. The zero-order valence-corrected chi connectivity index (χ0v) is 13.3. The molecule has 3 rings (SSSR count). The van der Waals surface area contributed by atoms with Crippen LogP contribution in [0.4, 0.5) is 4.79 Å². The first-order valence-electron chi connectivity index (χ1n) is 7.62. The maximum absolute atomic E-state index is 11.1. The summed E-state index contributed by atoms with van der Waals surface area (Å²) in [5.41, 5.74) is 2.89. The van der Waals surface area contributed by atoms with Crippen molar-refractivity contribution in [2.45, 2.75) is 25.3 Å². The fraction of sp³-hybridized carbons (Fsp3) is 0.333. The third-order valence-electron chi connectivity index (χ3n) is 4.43. The van der Waals surface area contributed by atoms with E-state index in [1.54, 1.807) is 19.4 Å². The average Bonchev–Trinajstić information content (AvgIpc) is 3.34. The molecule has 120 valence electrons. The van der Waals surface area contributed by atoms with Crippen molar-refractivity contribution in [2.24, 2.45) is 0 Å². The van der Waals surface area contributed by atoms with Gasteiger partial charge in [0.15, 0.2) is 0 Å². The molecule has 1 saturated carbocycles. The van der Waals surface area contributed by atoms with Crippen LogP contribution < -0.4 is 4.74 Å². The summed E-state index contributed by atoms with van der Waals surface area (Å²) in [7, 11) is 1.60. The molecule has 1 aliphatic rings. The lowest BCUT2D eigenvalue weighted by atomic mass is 10.1. The van der Waals surface area contributed by atoms with Crippen LogP contribution in [0.5, 0.6) is 5.75 Å². The number of aromatic nitrogens is 1. The predicted octanol–water partition coefficient (Wildman–Crippen LogP) is 3.58. The van der Waals surface area contributed by atoms with E-state index in [2.05, 4.69) is 36.2 Å². The minimum Gasteiger partial charge on any atom is -0.490 e. The van der Waals surface area contributed by atoms with Crippen LogP contribution in [0.25, 0.3) is 11.1 Å². The number of ether oxygens (including phenoxy) is 1. The zero-order valence-electron chi connectivity index (χ0n) is 13.3. The molecule has 0 bridgehead atoms. The van der Waals surface area contributed by atoms with Crippen molar-refractivity contribution < 1.29 is 14.6 Å². The van der Waals surface area contributed by atoms with Crippen molar-refractivity contribution >= 4 is 6.09 Å². The molecule has 0 aliphatic heterocycles. The fourth-order valence-corrected chi connectivity index (χ4v) is 2.54. The van der Waals surface area contributed by atoms with Crippen molar-refractivity contribution in [1.82, 2.24) is 9.88 Å². The summed E-state index contributed by atoms with van der Waals surface area (Å²) in [6.45, 7) is 2.41. The lowest BCUT2D eigenvalue weighted by molar-refractivity contribution is 0.109. The van der Waals surface area contributed by atoms with Crippen LogP contribution in [0.15, 0.2) is 42.7 Å². The third kappa shape index (κ3) is 3.28. The number of likely N-dealkylation sites (N-methyl/N-ethyl adjacent to an activating group) is 1. The van der Waals surface area contributed by atoms with Crippen molar-refractivity contribution in [3.05, 3.63) is 48.3 Å². The summed E-state index contributed by atoms with van der Waals surface area (Å²) < 4.78 is 5.82. The van der Waals surface area contributed by atoms with Crippen LogP contribution in [-0.2, 0) is 0 Å². The van der Waals surface area contributed by atoms with Gasteiger partial charge in [0.25, 0.3) is 0 Å². The Morgan fingerprint density at radius 2 is 1.96 bits per heavy atom. The van der Waals surface area contributed by atoms with Crippen LogP contribution in [-0.4, -0.2) is 40.3 Å². The molecule has 1 aliphatic carbocycles. The molecule has 1 aromatic heterocycles. The number of carboxylic acid groups (broad SMARTS) is 1. The van der Waals surface area contributed by atoms with Crippen molar-refractivity contribution in [1.29, 1.82) is 0 Å². The molecule has 1 fully saturated rings. The molecular formula is C18H20N2O3. The Kier molecular flexibility index (Phi) is 3.94. The Hall–Kier alpha value is -2.56. The second-order valence-electron chi connectivity index (χ2n) is 6.13. The van der Waals surface area contributed by atoms with Gasteiger partial charge in [-0.25, -0.2) is 4.79 Å². The number of carbonyl (C=O) groups is 1. The van der Waals surface area contributed by atoms with Gasteiger partial charge in [-0.05, 0) is 31.4 Å². The summed E-state index contributed by atoms with van der Waals surface area (Å²) in [6.07, 6.45) is 4.21. The fourth-order valence-electron chi connectivity index (χ4n) is 2.54. The maximum Gasteiger partial charge on any atom is 0.407 e. The maximum atomic E-state index is 11.1. The molecule has 2 aromatic rings. The van der Waals surface area contributed by atoms with Gasteiger partial charge in [0.2, 0.25) is 0 Å². The number of pyridine rings is 1. The molecule has 1 N–H and O–H groups in total. The molecule has 1 heterocycles. The monoisotopic (exact) mass is 312 g/mol. The van der Waals surface area contributed by atoms with Crippen molar-refractivity contribution in [3.8, 4) is 16.9 Å². The minimum atomic E-state index is -0.919. The SMILES string of the molecule is Cc1ccc(-c2cncc(OCC3(N(C)C(=O)O)CC3)c2)cc1. The Morgan fingerprint density at radius 3 is 2.57 bits per heavy atom. The molecule has 5 nitrogen and oxygen atoms in total. The highest BCUT2D eigenvalue weighted by molar-refractivity contribution is 5.66. The first kappa shape index (κ1) is 15.3. The summed E-state index contributed by atoms with van der Waals surface area (Å²) in [5, 5.41) is 9.13. The molecule has 0 spiro atoms. The van der Waals surface area contributed by atoms with Crippen LogP contribution in [0.3, 0.4) is 0 Å². The lowest BCUT2D eigenvalue weighted by Crippen LogP contribution is -2.42. The highest BCUT2D eigenvalue weighted by Gasteiger charge is 2.49. The molecule has 1 aromatic carbocycles. The Bertz CT molecular complexity index is 708. The number of hydrogen-bond donors (Lipinski definition) is 1. The van der Waals surface area contributed by atoms with Crippen molar-refractivity contribution in [3.63, 3.8) is 0 Å². The van der Waals surface area contributed by atoms with E-state index in [0.29, 0.717) is 12.4 Å². The number of nitrogens with zero attached hydrogens (tertiary/aromatic N) is 2. The number of aryl methyl sites for hydroxylation is 1. The standard InChI is InChI=1S/C18H20N2O3/c1-13-3-5-14(6-4-13)15-9-16(11-19-10-15)23-12-18(7-8-18)20(2)17(21)22/h3-6,9-11H,7-8,12H2,1-2H3,(H,21,22). The van der Waals surface area contributed by atoms with Gasteiger partial charge in [-0.1, -0.05) is 29.8 Å². The van der Waals surface area contributed by atoms with Gasteiger partial charge >= 0.3 is 6.09 Å². The largest absolute Gasteiger partial charge is 0.490 e. The zero-order chi connectivity index (χ0) is 16.4. The molecule has 1 amide bonds. The third-order valence-corrected chi connectivity index (χ3v) is 4.43. The number of rotatable bonds is 5. The molecule has 0 saturated heterocycles. The van der Waals surface area contributed by atoms with Gasteiger partial charge < -0.3 is 14.7 Å². The van der Waals surface area contributed by atoms with Crippen LogP contribution in [0, 0.1) is 6.92 Å². The highest BCUT2D eigenvalue weighted by atomic mass is 16.5. The summed E-state index contributed by atoms with van der Waals surface area (Å²) in [5.74, 6) is 0.660. The molecule has 0 unspecified atom stereocenters. The lowest BCUT2D eigenvalue weighted by Gasteiger charge is -2.25. The van der Waals surface area contributed by atoms with E-state index in [-0.39, 0.29) is 5.54 Å². The van der Waals surface area contributed by atoms with Crippen LogP contribution in [0.2, 0.25) is 0 Å². The number of hydrogen-bond acceptors (Lipinski definition) is 3. The van der Waals surface area contributed by atoms with Gasteiger partial charge in [0.05, 0.1) is 11.7 Å². The van der Waals surface area contributed by atoms with E-state index in [1.165, 1.54) is 10.5 Å². The summed E-state index contributed by atoms with van der Waals surface area (Å²) in [6, 6.07) is 10.2. The van der Waals surface area contributed by atoms with E-state index in [0.717, 1.165) is 24.0 Å². The number of benzene rings is 1. The molecule has 23 heavy (non-hydrogen) atoms. The van der Waals surface area contributed by atoms with Gasteiger partial charge in [0, 0.05) is 18.8 Å². The van der Waals surface area contributed by atoms with E-state index in [9.17, 15) is 4.79 Å². The van der Waals surface area contributed by atoms with Gasteiger partial charge in [-0.3, -0.25) is 4.98 Å². The first-order valence-corrected chi connectivity index (χ1v) is 7.62. The molecular weight excluding hydrogens is 292 g/mol. The first-order chi connectivity index (χ1) is 11.0. The van der Waals surface area contributed by atoms with Crippen LogP contribution >= 0.6 is 0 Å². The average molecular weight is 312 g/mol. The predicted molar refractivity (Wildman–Crippen MR) is 87.7 cm³/mol. The Labute approximate surface area is 135 Å². The van der Waals surface area contributed by atoms with E-state index in [4.69, 9.17) is 9.84 Å². The minimum absolute atomic E-state index is 0.356. The quantitative estimate of drug-likeness (QED) is 0.916.